The van der Waals surface area contributed by atoms with Gasteiger partial charge in [0.25, 0.3) is 0 Å². The monoisotopic (exact) mass is 297 g/mol. The van der Waals surface area contributed by atoms with Gasteiger partial charge in [0.1, 0.15) is 5.75 Å². The highest BCUT2D eigenvalue weighted by Crippen LogP contribution is 2.15. The van der Waals surface area contributed by atoms with E-state index in [0.29, 0.717) is 17.0 Å². The summed E-state index contributed by atoms with van der Waals surface area (Å²) in [6, 6.07) is 15.7. The standard InChI is InChI=1S/C16H15N3O3/c1-22-14-9-7-13(8-10-14)18-19-15(11-17-21)16(20)12-5-3-2-4-6-12/h2-11,18,21H,1H3/b17-11-,19-15-. The molecule has 0 aliphatic carbocycles. The fraction of sp³-hybridized carbons (Fsp3) is 0.0625. The van der Waals surface area contributed by atoms with E-state index in [2.05, 4.69) is 15.7 Å². The van der Waals surface area contributed by atoms with Crippen LogP contribution >= 0.6 is 0 Å². The summed E-state index contributed by atoms with van der Waals surface area (Å²) in [5.41, 5.74) is 3.86. The molecule has 22 heavy (non-hydrogen) atoms. The second-order valence-corrected chi connectivity index (χ2v) is 4.28. The lowest BCUT2D eigenvalue weighted by Gasteiger charge is -2.04. The van der Waals surface area contributed by atoms with E-state index in [1.54, 1.807) is 55.6 Å². The Kier molecular flexibility index (Phi) is 5.25. The summed E-state index contributed by atoms with van der Waals surface area (Å²) in [7, 11) is 1.58. The van der Waals surface area contributed by atoms with Crippen LogP contribution in [0.2, 0.25) is 0 Å². The maximum atomic E-state index is 12.3. The third-order valence-electron chi connectivity index (χ3n) is 2.84. The second kappa shape index (κ2) is 7.58. The first-order valence-corrected chi connectivity index (χ1v) is 6.49. The molecule has 2 rings (SSSR count). The Hall–Kier alpha value is -3.15. The molecular weight excluding hydrogens is 282 g/mol. The molecule has 0 atom stereocenters. The molecule has 0 radical (unpaired) electrons. The van der Waals surface area contributed by atoms with Gasteiger partial charge >= 0.3 is 0 Å². The highest BCUT2D eigenvalue weighted by atomic mass is 16.5. The number of hydrogen-bond donors (Lipinski definition) is 2. The first-order chi connectivity index (χ1) is 10.7. The number of carbonyl (C=O) groups excluding carboxylic acids is 1. The first kappa shape index (κ1) is 15.2. The number of carbonyl (C=O) groups is 1. The topological polar surface area (TPSA) is 83.3 Å². The maximum Gasteiger partial charge on any atom is 0.214 e. The van der Waals surface area contributed by atoms with Crippen molar-refractivity contribution >= 4 is 23.4 Å². The van der Waals surface area contributed by atoms with Gasteiger partial charge in [0.05, 0.1) is 19.0 Å². The number of methoxy groups -OCH3 is 1. The molecule has 0 unspecified atom stereocenters. The Morgan fingerprint density at radius 1 is 1.14 bits per heavy atom. The molecule has 0 saturated heterocycles. The molecule has 0 heterocycles. The van der Waals surface area contributed by atoms with Crippen LogP contribution in [0.3, 0.4) is 0 Å². The van der Waals surface area contributed by atoms with Crippen molar-refractivity contribution in [2.75, 3.05) is 12.5 Å². The molecule has 0 amide bonds. The van der Waals surface area contributed by atoms with Crippen LogP contribution in [0.15, 0.2) is 64.9 Å². The lowest BCUT2D eigenvalue weighted by Crippen LogP contribution is -2.17. The fourth-order valence-corrected chi connectivity index (χ4v) is 1.72. The number of ketones is 1. The Labute approximate surface area is 127 Å². The molecule has 0 aliphatic heterocycles. The first-order valence-electron chi connectivity index (χ1n) is 6.49. The SMILES string of the molecule is COc1ccc(N/N=C(/C=N\O)C(=O)c2ccccc2)cc1. The van der Waals surface area contributed by atoms with Gasteiger partial charge in [0.2, 0.25) is 5.78 Å². The number of hydrazone groups is 1. The summed E-state index contributed by atoms with van der Waals surface area (Å²) in [5.74, 6) is 0.367. The van der Waals surface area contributed by atoms with E-state index in [-0.39, 0.29) is 11.5 Å². The molecule has 2 N–H and O–H groups in total. The maximum absolute atomic E-state index is 12.3. The van der Waals surface area contributed by atoms with Gasteiger partial charge in [-0.05, 0) is 24.3 Å². The van der Waals surface area contributed by atoms with Crippen LogP contribution in [0, 0.1) is 0 Å². The molecule has 0 saturated carbocycles. The van der Waals surface area contributed by atoms with Crippen molar-refractivity contribution in [1.29, 1.82) is 0 Å². The predicted molar refractivity (Wildman–Crippen MR) is 85.1 cm³/mol. The van der Waals surface area contributed by atoms with Crippen molar-refractivity contribution < 1.29 is 14.7 Å². The molecule has 6 heteroatoms. The van der Waals surface area contributed by atoms with E-state index in [4.69, 9.17) is 9.94 Å². The number of anilines is 1. The number of nitrogens with zero attached hydrogens (tertiary/aromatic N) is 2. The summed E-state index contributed by atoms with van der Waals surface area (Å²) < 4.78 is 5.06. The van der Waals surface area contributed by atoms with Gasteiger partial charge in [0.15, 0.2) is 5.71 Å². The minimum absolute atomic E-state index is 0.00971. The Morgan fingerprint density at radius 3 is 2.41 bits per heavy atom. The zero-order valence-electron chi connectivity index (χ0n) is 11.9. The second-order valence-electron chi connectivity index (χ2n) is 4.28. The zero-order valence-corrected chi connectivity index (χ0v) is 11.9. The normalized spacial score (nSPS) is 11.4. The summed E-state index contributed by atoms with van der Waals surface area (Å²) in [5, 5.41) is 15.6. The van der Waals surface area contributed by atoms with E-state index < -0.39 is 0 Å². The molecule has 2 aromatic rings. The van der Waals surface area contributed by atoms with Crippen molar-refractivity contribution in [2.24, 2.45) is 10.3 Å². The molecule has 0 aromatic heterocycles. The van der Waals surface area contributed by atoms with E-state index in [0.717, 1.165) is 6.21 Å². The summed E-state index contributed by atoms with van der Waals surface area (Å²) in [6.45, 7) is 0. The van der Waals surface area contributed by atoms with Crippen molar-refractivity contribution in [2.45, 2.75) is 0 Å². The Bertz CT molecular complexity index is 680. The van der Waals surface area contributed by atoms with Crippen LogP contribution in [0.4, 0.5) is 5.69 Å². The minimum Gasteiger partial charge on any atom is -0.497 e. The zero-order chi connectivity index (χ0) is 15.8. The molecule has 0 spiro atoms. The van der Waals surface area contributed by atoms with Crippen molar-refractivity contribution in [3.05, 3.63) is 60.2 Å². The van der Waals surface area contributed by atoms with Crippen molar-refractivity contribution in [3.8, 4) is 5.75 Å². The van der Waals surface area contributed by atoms with E-state index in [9.17, 15) is 4.79 Å². The fourth-order valence-electron chi connectivity index (χ4n) is 1.72. The largest absolute Gasteiger partial charge is 0.497 e. The van der Waals surface area contributed by atoms with Crippen LogP contribution in [-0.2, 0) is 0 Å². The number of nitrogens with one attached hydrogen (secondary N) is 1. The summed E-state index contributed by atoms with van der Waals surface area (Å²) in [4.78, 5) is 12.3. The smallest absolute Gasteiger partial charge is 0.214 e. The number of ether oxygens (including phenoxy) is 1. The van der Waals surface area contributed by atoms with E-state index in [1.165, 1.54) is 0 Å². The van der Waals surface area contributed by atoms with Crippen molar-refractivity contribution in [1.82, 2.24) is 0 Å². The van der Waals surface area contributed by atoms with Gasteiger partial charge in [0, 0.05) is 5.56 Å². The molecule has 2 aromatic carbocycles. The Balaban J connectivity index is 2.18. The summed E-state index contributed by atoms with van der Waals surface area (Å²) >= 11 is 0. The third kappa shape index (κ3) is 3.92. The van der Waals surface area contributed by atoms with Crippen LogP contribution in [0.25, 0.3) is 0 Å². The third-order valence-corrected chi connectivity index (χ3v) is 2.84. The van der Waals surface area contributed by atoms with Crippen LogP contribution in [0.1, 0.15) is 10.4 Å². The van der Waals surface area contributed by atoms with Gasteiger partial charge in [-0.3, -0.25) is 10.2 Å². The van der Waals surface area contributed by atoms with Crippen LogP contribution in [0.5, 0.6) is 5.75 Å². The average molecular weight is 297 g/mol. The van der Waals surface area contributed by atoms with Gasteiger partial charge in [-0.2, -0.15) is 5.10 Å². The number of hydrogen-bond acceptors (Lipinski definition) is 6. The molecular formula is C16H15N3O3. The van der Waals surface area contributed by atoms with Gasteiger partial charge in [-0.25, -0.2) is 0 Å². The number of rotatable bonds is 6. The van der Waals surface area contributed by atoms with Gasteiger partial charge < -0.3 is 9.94 Å². The predicted octanol–water partition coefficient (Wildman–Crippen LogP) is 2.81. The highest BCUT2D eigenvalue weighted by molar-refractivity contribution is 6.64. The molecule has 0 bridgehead atoms. The van der Waals surface area contributed by atoms with Crippen molar-refractivity contribution in [3.63, 3.8) is 0 Å². The van der Waals surface area contributed by atoms with E-state index in [1.807, 2.05) is 6.07 Å². The molecule has 112 valence electrons. The quantitative estimate of drug-likeness (QED) is 0.372. The lowest BCUT2D eigenvalue weighted by molar-refractivity contribution is 0.106. The molecule has 0 fully saturated rings. The number of benzene rings is 2. The summed E-state index contributed by atoms with van der Waals surface area (Å²) in [6.07, 6.45) is 0.992. The van der Waals surface area contributed by atoms with Crippen LogP contribution in [-0.4, -0.2) is 30.0 Å². The molecule has 0 aliphatic rings. The lowest BCUT2D eigenvalue weighted by atomic mass is 10.1. The van der Waals surface area contributed by atoms with Crippen LogP contribution < -0.4 is 10.2 Å². The minimum atomic E-state index is -0.348. The Morgan fingerprint density at radius 2 is 1.82 bits per heavy atom. The van der Waals surface area contributed by atoms with E-state index >= 15 is 0 Å². The number of Topliss-reactive ketones (excluding diaryl/α,β-unsaturated/α-hetero) is 1. The van der Waals surface area contributed by atoms with Gasteiger partial charge in [-0.1, -0.05) is 35.5 Å². The molecule has 6 nitrogen and oxygen atoms in total. The van der Waals surface area contributed by atoms with Gasteiger partial charge in [-0.15, -0.1) is 0 Å². The highest BCUT2D eigenvalue weighted by Gasteiger charge is 2.12. The average Bonchev–Trinajstić information content (AvgIpc) is 2.59. The number of oxime groups is 1.